The lowest BCUT2D eigenvalue weighted by Gasteiger charge is -2.26. The van der Waals surface area contributed by atoms with Gasteiger partial charge in [-0.2, -0.15) is 13.1 Å². The van der Waals surface area contributed by atoms with Crippen LogP contribution in [0.15, 0.2) is 84.0 Å². The van der Waals surface area contributed by atoms with Gasteiger partial charge in [0.05, 0.1) is 21.5 Å². The number of ether oxygens (including phenoxy) is 3. The van der Waals surface area contributed by atoms with E-state index in [-0.39, 0.29) is 81.9 Å². The zero-order valence-electron chi connectivity index (χ0n) is 30.4. The van der Waals surface area contributed by atoms with Gasteiger partial charge < -0.3 is 24.8 Å². The van der Waals surface area contributed by atoms with Crippen LogP contribution in [-0.4, -0.2) is 85.8 Å². The fourth-order valence-electron chi connectivity index (χ4n) is 5.90. The molecule has 19 heteroatoms. The third-order valence-corrected chi connectivity index (χ3v) is 12.9. The number of carbonyl (C=O) groups excluding carboxylic acids is 4. The molecule has 2 aliphatic rings. The Morgan fingerprint density at radius 2 is 1.60 bits per heavy atom. The van der Waals surface area contributed by atoms with Gasteiger partial charge in [0, 0.05) is 60.9 Å². The fourth-order valence-corrected chi connectivity index (χ4v) is 9.51. The van der Waals surface area contributed by atoms with Crippen molar-refractivity contribution in [3.05, 3.63) is 117 Å². The van der Waals surface area contributed by atoms with Gasteiger partial charge in [0.2, 0.25) is 10.0 Å². The topological polar surface area (TPSA) is 170 Å². The van der Waals surface area contributed by atoms with Gasteiger partial charge in [0.15, 0.2) is 16.9 Å². The number of carbonyl (C=O) groups is 4. The van der Waals surface area contributed by atoms with Crippen molar-refractivity contribution in [2.45, 2.75) is 42.2 Å². The van der Waals surface area contributed by atoms with Crippen molar-refractivity contribution < 1.29 is 50.6 Å². The molecule has 6 rings (SSSR count). The van der Waals surface area contributed by atoms with Crippen LogP contribution in [0, 0.1) is 5.92 Å². The third kappa shape index (κ3) is 10.8. The highest BCUT2D eigenvalue weighted by atomic mass is 35.5. The number of thioether (sulfide) groups is 1. The molecule has 1 aliphatic carbocycles. The van der Waals surface area contributed by atoms with Crippen molar-refractivity contribution in [1.82, 2.24) is 19.9 Å². The van der Waals surface area contributed by atoms with Crippen LogP contribution in [0.2, 0.25) is 10.0 Å². The number of rotatable bonds is 18. The van der Waals surface area contributed by atoms with E-state index in [1.165, 1.54) is 60.9 Å². The fraction of sp³-hybridized carbons (Fsp3) is 0.308. The predicted octanol–water partition coefficient (Wildman–Crippen LogP) is 6.34. The average Bonchev–Trinajstić information content (AvgIpc) is 3.91. The minimum atomic E-state index is -4.38. The summed E-state index contributed by atoms with van der Waals surface area (Å²) in [6.07, 6.45) is 3.95. The molecular formula is C39H36Cl2F2N4O9S2. The van der Waals surface area contributed by atoms with E-state index in [1.807, 2.05) is 0 Å². The molecule has 58 heavy (non-hydrogen) atoms. The number of nitrogens with one attached hydrogen (secondary N) is 2. The van der Waals surface area contributed by atoms with E-state index in [9.17, 15) is 36.4 Å². The molecule has 306 valence electrons. The molecule has 2 amide bonds. The van der Waals surface area contributed by atoms with Gasteiger partial charge in [-0.15, -0.1) is 11.8 Å². The van der Waals surface area contributed by atoms with Crippen molar-refractivity contribution in [3.63, 3.8) is 0 Å². The van der Waals surface area contributed by atoms with E-state index in [0.29, 0.717) is 23.0 Å². The molecule has 4 aromatic rings. The van der Waals surface area contributed by atoms with Gasteiger partial charge in [-0.1, -0.05) is 47.5 Å². The second-order valence-corrected chi connectivity index (χ2v) is 17.1. The van der Waals surface area contributed by atoms with Crippen LogP contribution >= 0.6 is 35.0 Å². The maximum absolute atomic E-state index is 14.0. The Labute approximate surface area is 346 Å². The largest absolute Gasteiger partial charge is 0.489 e. The van der Waals surface area contributed by atoms with Gasteiger partial charge in [-0.25, -0.2) is 13.2 Å². The van der Waals surface area contributed by atoms with E-state index in [0.717, 1.165) is 28.9 Å². The normalized spacial score (nSPS) is 16.1. The Morgan fingerprint density at radius 1 is 0.931 bits per heavy atom. The van der Waals surface area contributed by atoms with Crippen LogP contribution < -0.4 is 20.1 Å². The first-order valence-corrected chi connectivity index (χ1v) is 21.1. The van der Waals surface area contributed by atoms with Crippen molar-refractivity contribution in [2.24, 2.45) is 5.92 Å². The van der Waals surface area contributed by atoms with Gasteiger partial charge in [-0.3, -0.25) is 19.4 Å². The molecule has 2 fully saturated rings. The summed E-state index contributed by atoms with van der Waals surface area (Å²) in [4.78, 5) is 54.2. The van der Waals surface area contributed by atoms with Crippen LogP contribution in [0.25, 0.3) is 0 Å². The van der Waals surface area contributed by atoms with E-state index < -0.39 is 45.9 Å². The van der Waals surface area contributed by atoms with E-state index >= 15 is 0 Å². The summed E-state index contributed by atoms with van der Waals surface area (Å²) in [5, 5.41) is 4.27. The number of amides is 2. The number of pyridine rings is 1. The number of hydrogen-bond acceptors (Lipinski definition) is 11. The molecule has 0 spiro atoms. The van der Waals surface area contributed by atoms with Crippen molar-refractivity contribution in [1.29, 1.82) is 0 Å². The smallest absolute Gasteiger partial charge is 0.387 e. The van der Waals surface area contributed by atoms with Gasteiger partial charge in [0.1, 0.15) is 12.4 Å². The number of nitrogens with zero attached hydrogens (tertiary/aromatic N) is 2. The lowest BCUT2D eigenvalue weighted by atomic mass is 10.0. The molecule has 0 radical (unpaired) electrons. The molecule has 1 aliphatic heterocycles. The second kappa shape index (κ2) is 19.3. The summed E-state index contributed by atoms with van der Waals surface area (Å²) < 4.78 is 72.2. The van der Waals surface area contributed by atoms with Gasteiger partial charge in [-0.05, 0) is 72.4 Å². The Morgan fingerprint density at radius 3 is 2.26 bits per heavy atom. The molecular weight excluding hydrogens is 841 g/mol. The number of alkyl halides is 2. The van der Waals surface area contributed by atoms with Crippen LogP contribution in [0.3, 0.4) is 0 Å². The number of aldehydes is 1. The quantitative estimate of drug-likeness (QED) is 0.0650. The number of aromatic nitrogens is 1. The summed E-state index contributed by atoms with van der Waals surface area (Å²) in [5.74, 6) is -1.66. The van der Waals surface area contributed by atoms with E-state index in [1.54, 1.807) is 18.2 Å². The molecule has 2 N–H and O–H groups in total. The highest BCUT2D eigenvalue weighted by molar-refractivity contribution is 8.02. The van der Waals surface area contributed by atoms with Crippen LogP contribution in [0.4, 0.5) is 8.78 Å². The Balaban J connectivity index is 1.17. The molecule has 0 bridgehead atoms. The zero-order chi connectivity index (χ0) is 41.4. The van der Waals surface area contributed by atoms with Crippen LogP contribution in [-0.2, 0) is 26.0 Å². The molecule has 1 saturated heterocycles. The number of benzene rings is 3. The first-order valence-electron chi connectivity index (χ1n) is 17.9. The van der Waals surface area contributed by atoms with Crippen molar-refractivity contribution in [3.8, 4) is 11.5 Å². The van der Waals surface area contributed by atoms with Crippen molar-refractivity contribution >= 4 is 69.1 Å². The maximum atomic E-state index is 14.0. The van der Waals surface area contributed by atoms with Gasteiger partial charge in [0.25, 0.3) is 11.8 Å². The third-order valence-electron chi connectivity index (χ3n) is 9.06. The first-order chi connectivity index (χ1) is 27.8. The molecule has 1 aromatic heterocycles. The second-order valence-electron chi connectivity index (χ2n) is 13.2. The minimum absolute atomic E-state index is 0.00663. The number of sulfonamides is 1. The monoisotopic (exact) mass is 876 g/mol. The Bertz CT molecular complexity index is 2260. The number of hydrogen-bond donors (Lipinski definition) is 2. The standard InChI is InChI=1S/C39H36Cl2F2N4O9S2/c40-30-19-44-20-31(41)29(30)18-33(25-9-10-32(56-39(42)43)34(17-25)54-22-23-7-8-23)55-38(51)37-47(13-14-57-37)58(52,53)28-6-2-5-27(16-28)36(50)46-12-11-45-35(49)26-4-1-3-24(15-26)21-48/h1-6,9-10,15-17,19-21,23,33,37,39H,7-8,11-14,18,22H2,(H,45,49)(H,46,50)/t33-,37-/m0/s1. The van der Waals surface area contributed by atoms with E-state index in [4.69, 9.17) is 32.7 Å². The van der Waals surface area contributed by atoms with Crippen molar-refractivity contribution in [2.75, 3.05) is 32.0 Å². The van der Waals surface area contributed by atoms with E-state index in [2.05, 4.69) is 20.4 Å². The molecule has 3 aromatic carbocycles. The first kappa shape index (κ1) is 42.8. The minimum Gasteiger partial charge on any atom is -0.489 e. The summed E-state index contributed by atoms with van der Waals surface area (Å²) in [6, 6.07) is 15.5. The number of halogens is 4. The Kier molecular flexibility index (Phi) is 14.2. The summed E-state index contributed by atoms with van der Waals surface area (Å²) in [5.41, 5.74) is 1.31. The van der Waals surface area contributed by atoms with Crippen LogP contribution in [0.5, 0.6) is 11.5 Å². The molecule has 1 saturated carbocycles. The predicted molar refractivity (Wildman–Crippen MR) is 211 cm³/mol. The zero-order valence-corrected chi connectivity index (χ0v) is 33.6. The van der Waals surface area contributed by atoms with Gasteiger partial charge >= 0.3 is 12.6 Å². The molecule has 2 heterocycles. The maximum Gasteiger partial charge on any atom is 0.387 e. The highest BCUT2D eigenvalue weighted by Gasteiger charge is 2.42. The molecule has 13 nitrogen and oxygen atoms in total. The Hall–Kier alpha value is -4.81. The molecule has 2 atom stereocenters. The molecule has 0 unspecified atom stereocenters. The number of esters is 1. The summed E-state index contributed by atoms with van der Waals surface area (Å²) in [7, 11) is -4.38. The lowest BCUT2D eigenvalue weighted by molar-refractivity contribution is -0.150. The summed E-state index contributed by atoms with van der Waals surface area (Å²) in [6.45, 7) is -2.85. The summed E-state index contributed by atoms with van der Waals surface area (Å²) >= 11 is 13.9. The van der Waals surface area contributed by atoms with Crippen LogP contribution in [0.1, 0.15) is 61.1 Å². The highest BCUT2D eigenvalue weighted by Crippen LogP contribution is 2.39. The average molecular weight is 878 g/mol. The lowest BCUT2D eigenvalue weighted by Crippen LogP contribution is -2.41. The SMILES string of the molecule is O=Cc1cccc(C(=O)NCCNC(=O)c2cccc(S(=O)(=O)N3CCS[C@H]3C(=O)O[C@@H](Cc3c(Cl)cncc3Cl)c3ccc(OC(F)F)c(OCC4CC4)c3)c2)c1.